The van der Waals surface area contributed by atoms with Crippen molar-refractivity contribution in [1.82, 2.24) is 31.1 Å². The van der Waals surface area contributed by atoms with Gasteiger partial charge in [-0.3, -0.25) is 9.63 Å². The fraction of sp³-hybridized carbons (Fsp3) is 0.674. The third-order valence-corrected chi connectivity index (χ3v) is 9.12. The number of carboxylic acid groups (broad SMARTS) is 1. The van der Waals surface area contributed by atoms with Gasteiger partial charge >= 0.3 is 54.3 Å². The monoisotopic (exact) mass is 941 g/mol. The van der Waals surface area contributed by atoms with Crippen LogP contribution in [0, 0.1) is 5.41 Å². The molecule has 0 aromatic rings. The van der Waals surface area contributed by atoms with E-state index in [1.165, 1.54) is 13.8 Å². The molecule has 0 saturated heterocycles. The summed E-state index contributed by atoms with van der Waals surface area (Å²) >= 11 is 0. The molecule has 0 aromatic heterocycles. The molecular formula is C43H71N7O16. The first-order chi connectivity index (χ1) is 31.5. The molecule has 0 atom stereocenters. The number of alkyl carbamates (subject to hydrolysis) is 1. The summed E-state index contributed by atoms with van der Waals surface area (Å²) in [5, 5.41) is 23.4. The molecule has 374 valence electrons. The zero-order chi connectivity index (χ0) is 49.6. The number of nitrogens with one attached hydrogen (secondary N) is 4. The summed E-state index contributed by atoms with van der Waals surface area (Å²) in [5.74, 6) is -2.47. The molecule has 0 bridgehead atoms. The van der Waals surface area contributed by atoms with Gasteiger partial charge in [-0.1, -0.05) is 63.8 Å². The maximum Gasteiger partial charge on any atom is 0.433 e. The average molecular weight is 942 g/mol. The predicted molar refractivity (Wildman–Crippen MR) is 239 cm³/mol. The van der Waals surface area contributed by atoms with Gasteiger partial charge in [0.15, 0.2) is 0 Å². The van der Waals surface area contributed by atoms with Gasteiger partial charge in [0, 0.05) is 51.4 Å². The van der Waals surface area contributed by atoms with E-state index in [9.17, 15) is 43.2 Å². The largest absolute Gasteiger partial charge is 0.481 e. The SMILES string of the molecule is C=CC(=O)OCCOC(=O)N(CCCCCCNC(=O)O/N=C(\C)CC)C(=O)NCCCCCCN(C(=O)NCCCCCCNC(=O)OCC(C)(C)C(=O)O)C(=O)OCCOC(=O)C=C. The fourth-order valence-electron chi connectivity index (χ4n) is 5.01. The molecule has 0 aliphatic rings. The van der Waals surface area contributed by atoms with Gasteiger partial charge in [0.25, 0.3) is 0 Å². The van der Waals surface area contributed by atoms with Gasteiger partial charge in [0.2, 0.25) is 0 Å². The number of urea groups is 2. The number of aliphatic carboxylic acids is 1. The number of carbonyl (C=O) groups is 9. The number of rotatable bonds is 34. The lowest BCUT2D eigenvalue weighted by atomic mass is 9.95. The van der Waals surface area contributed by atoms with Gasteiger partial charge in [0.05, 0.1) is 11.1 Å². The Bertz CT molecular complexity index is 1590. The van der Waals surface area contributed by atoms with Crippen molar-refractivity contribution < 1.29 is 76.8 Å². The van der Waals surface area contributed by atoms with Crippen molar-refractivity contribution in [3.8, 4) is 0 Å². The van der Waals surface area contributed by atoms with E-state index >= 15 is 0 Å². The first-order valence-corrected chi connectivity index (χ1v) is 22.1. The van der Waals surface area contributed by atoms with Crippen molar-refractivity contribution in [2.45, 2.75) is 111 Å². The number of carboxylic acids is 1. The van der Waals surface area contributed by atoms with E-state index in [-0.39, 0.29) is 59.2 Å². The van der Waals surface area contributed by atoms with Crippen molar-refractivity contribution in [2.75, 3.05) is 72.3 Å². The van der Waals surface area contributed by atoms with Gasteiger partial charge in [-0.15, -0.1) is 0 Å². The average Bonchev–Trinajstić information content (AvgIpc) is 3.29. The maximum absolute atomic E-state index is 13.1. The number of unbranched alkanes of at least 4 members (excludes halogenated alkanes) is 9. The van der Waals surface area contributed by atoms with Crippen molar-refractivity contribution >= 4 is 60.1 Å². The minimum atomic E-state index is -1.21. The second-order valence-corrected chi connectivity index (χ2v) is 15.2. The molecular weight excluding hydrogens is 871 g/mol. The van der Waals surface area contributed by atoms with Crippen LogP contribution in [0.25, 0.3) is 0 Å². The summed E-state index contributed by atoms with van der Waals surface area (Å²) in [5.41, 5.74) is -0.527. The molecule has 8 amide bonds. The second kappa shape index (κ2) is 36.9. The highest BCUT2D eigenvalue weighted by atomic mass is 16.7. The molecule has 0 heterocycles. The Labute approximate surface area is 386 Å². The summed E-state index contributed by atoms with van der Waals surface area (Å²) in [6.07, 6.45) is 6.33. The molecule has 0 rings (SSSR count). The van der Waals surface area contributed by atoms with Crippen LogP contribution in [0.1, 0.15) is 111 Å². The number of amides is 8. The normalized spacial score (nSPS) is 10.9. The Kier molecular flexibility index (Phi) is 33.3. The molecule has 23 heteroatoms. The van der Waals surface area contributed by atoms with E-state index in [4.69, 9.17) is 33.6 Å². The van der Waals surface area contributed by atoms with Gasteiger partial charge in [-0.25, -0.2) is 48.2 Å². The van der Waals surface area contributed by atoms with Gasteiger partial charge in [-0.05, 0) is 65.7 Å². The summed E-state index contributed by atoms with van der Waals surface area (Å²) in [6.45, 7) is 12.9. The van der Waals surface area contributed by atoms with E-state index in [2.05, 4.69) is 39.6 Å². The number of oxime groups is 1. The Hall–Kier alpha value is -6.42. The number of esters is 2. The number of imide groups is 2. The smallest absolute Gasteiger partial charge is 0.433 e. The molecule has 0 aliphatic heterocycles. The highest BCUT2D eigenvalue weighted by Gasteiger charge is 2.29. The Morgan fingerprint density at radius 2 is 0.939 bits per heavy atom. The highest BCUT2D eigenvalue weighted by molar-refractivity contribution is 5.91. The lowest BCUT2D eigenvalue weighted by Gasteiger charge is -2.21. The van der Waals surface area contributed by atoms with Crippen molar-refractivity contribution in [1.29, 1.82) is 0 Å². The molecule has 66 heavy (non-hydrogen) atoms. The van der Waals surface area contributed by atoms with Gasteiger partial charge in [0.1, 0.15) is 33.0 Å². The predicted octanol–water partition coefficient (Wildman–Crippen LogP) is 5.77. The van der Waals surface area contributed by atoms with Crippen LogP contribution in [0.15, 0.2) is 30.5 Å². The molecule has 5 N–H and O–H groups in total. The van der Waals surface area contributed by atoms with Crippen LogP contribution < -0.4 is 21.3 Å². The summed E-state index contributed by atoms with van der Waals surface area (Å²) in [7, 11) is 0. The van der Waals surface area contributed by atoms with Crippen LogP contribution >= 0.6 is 0 Å². The van der Waals surface area contributed by atoms with E-state index in [0.29, 0.717) is 102 Å². The van der Waals surface area contributed by atoms with Crippen molar-refractivity contribution in [3.63, 3.8) is 0 Å². The third-order valence-electron chi connectivity index (χ3n) is 9.12. The summed E-state index contributed by atoms with van der Waals surface area (Å²) in [6, 6.07) is -1.37. The molecule has 0 aromatic carbocycles. The van der Waals surface area contributed by atoms with E-state index in [1.807, 2.05) is 6.92 Å². The first kappa shape index (κ1) is 59.6. The Balaban J connectivity index is 4.94. The van der Waals surface area contributed by atoms with Crippen LogP contribution in [0.3, 0.4) is 0 Å². The number of hydrogen-bond donors (Lipinski definition) is 5. The number of carbonyl (C=O) groups excluding carboxylic acids is 8. The van der Waals surface area contributed by atoms with Crippen molar-refractivity contribution in [3.05, 3.63) is 25.3 Å². The lowest BCUT2D eigenvalue weighted by Crippen LogP contribution is -2.45. The minimum Gasteiger partial charge on any atom is -0.481 e. The number of nitrogens with zero attached hydrogens (tertiary/aromatic N) is 3. The first-order valence-electron chi connectivity index (χ1n) is 22.1. The molecule has 0 spiro atoms. The van der Waals surface area contributed by atoms with Crippen LogP contribution in [0.2, 0.25) is 0 Å². The van der Waals surface area contributed by atoms with Crippen LogP contribution in [-0.4, -0.2) is 147 Å². The maximum atomic E-state index is 13.1. The number of hydrogen-bond acceptors (Lipinski definition) is 16. The van der Waals surface area contributed by atoms with Crippen LogP contribution in [-0.2, 0) is 42.9 Å². The zero-order valence-corrected chi connectivity index (χ0v) is 39.0. The zero-order valence-electron chi connectivity index (χ0n) is 39.0. The summed E-state index contributed by atoms with van der Waals surface area (Å²) < 4.78 is 24.9. The standard InChI is InChI=1S/C43H71N7O16/c1-7-33(4)48-66-40(58)47-25-19-13-15-21-27-50(42(60)64-31-29-62-35(52)9-3)38(56)45-23-17-12-14-20-26-49(41(59)63-30-28-61-34(51)8-2)37(55)44-22-16-10-11-18-24-46-39(57)65-32-43(5,6)36(53)54/h8-9H,2-3,7,10-32H2,1,4-6H3,(H,44,55)(H,45,56)(H,46,57)(H,47,58)(H,53,54)/b48-33+. The van der Waals surface area contributed by atoms with Gasteiger partial charge < -0.3 is 50.1 Å². The van der Waals surface area contributed by atoms with Gasteiger partial charge in [-0.2, -0.15) is 0 Å². The van der Waals surface area contributed by atoms with E-state index < -0.39 is 59.8 Å². The van der Waals surface area contributed by atoms with Crippen LogP contribution in [0.5, 0.6) is 0 Å². The summed E-state index contributed by atoms with van der Waals surface area (Å²) in [4.78, 5) is 116. The van der Waals surface area contributed by atoms with Crippen molar-refractivity contribution in [2.24, 2.45) is 10.6 Å². The van der Waals surface area contributed by atoms with Crippen LogP contribution in [0.4, 0.5) is 28.8 Å². The minimum absolute atomic E-state index is 0.00394. The Morgan fingerprint density at radius 1 is 0.561 bits per heavy atom. The molecule has 0 fully saturated rings. The highest BCUT2D eigenvalue weighted by Crippen LogP contribution is 2.15. The fourth-order valence-corrected chi connectivity index (χ4v) is 5.01. The molecule has 23 nitrogen and oxygen atoms in total. The molecule has 0 saturated carbocycles. The lowest BCUT2D eigenvalue weighted by molar-refractivity contribution is -0.149. The topological polar surface area (TPSA) is 296 Å². The quantitative estimate of drug-likeness (QED) is 0.00973. The molecule has 0 radical (unpaired) electrons. The Morgan fingerprint density at radius 3 is 1.33 bits per heavy atom. The van der Waals surface area contributed by atoms with E-state index in [0.717, 1.165) is 22.0 Å². The number of ether oxygens (including phenoxy) is 5. The third kappa shape index (κ3) is 30.6. The van der Waals surface area contributed by atoms with E-state index in [1.54, 1.807) is 6.92 Å². The molecule has 0 aliphatic carbocycles. The second-order valence-electron chi connectivity index (χ2n) is 15.2. The molecule has 0 unspecified atom stereocenters.